The van der Waals surface area contributed by atoms with E-state index in [0.717, 1.165) is 50.7 Å². The monoisotopic (exact) mass is 538 g/mol. The highest BCUT2D eigenvalue weighted by atomic mass is 127. The van der Waals surface area contributed by atoms with E-state index >= 15 is 0 Å². The van der Waals surface area contributed by atoms with Gasteiger partial charge in [-0.2, -0.15) is 0 Å². The zero-order valence-electron chi connectivity index (χ0n) is 18.5. The maximum Gasteiger partial charge on any atom is 0.191 e. The molecular weight excluding hydrogens is 503 g/mol. The molecule has 1 unspecified atom stereocenters. The molecule has 0 aromatic heterocycles. The minimum absolute atomic E-state index is 0. The minimum Gasteiger partial charge on any atom is -0.497 e. The van der Waals surface area contributed by atoms with Crippen LogP contribution in [0.2, 0.25) is 0 Å². The van der Waals surface area contributed by atoms with Crippen molar-refractivity contribution in [2.45, 2.75) is 32.4 Å². The lowest BCUT2D eigenvalue weighted by molar-refractivity contribution is 0.111. The highest BCUT2D eigenvalue weighted by Crippen LogP contribution is 2.18. The lowest BCUT2D eigenvalue weighted by Gasteiger charge is -2.30. The van der Waals surface area contributed by atoms with Crippen LogP contribution in [-0.4, -0.2) is 61.9 Å². The Kier molecular flexibility index (Phi) is 11.1. The van der Waals surface area contributed by atoms with Gasteiger partial charge in [0.25, 0.3) is 0 Å². The third-order valence-electron chi connectivity index (χ3n) is 5.35. The van der Waals surface area contributed by atoms with Crippen LogP contribution in [0.5, 0.6) is 5.75 Å². The standard InChI is InChI=1S/C24H34N4O2.HI/c1-3-25-24(26-14-12-19-8-10-23(30-2)11-9-19)27-16-22(29)18-28-15-13-20-6-4-5-7-21(20)17-28;/h4-11,22,29H,3,12-18H2,1-2H3,(H2,25,26,27);1H. The predicted molar refractivity (Wildman–Crippen MR) is 138 cm³/mol. The summed E-state index contributed by atoms with van der Waals surface area (Å²) in [6.07, 6.45) is 1.46. The van der Waals surface area contributed by atoms with Gasteiger partial charge in [-0.1, -0.05) is 36.4 Å². The number of aliphatic hydroxyl groups is 1. The summed E-state index contributed by atoms with van der Waals surface area (Å²) in [5, 5.41) is 17.1. The van der Waals surface area contributed by atoms with Crippen molar-refractivity contribution in [3.05, 3.63) is 65.2 Å². The van der Waals surface area contributed by atoms with Crippen LogP contribution in [0.25, 0.3) is 0 Å². The topological polar surface area (TPSA) is 69.1 Å². The first-order valence-electron chi connectivity index (χ1n) is 10.8. The van der Waals surface area contributed by atoms with E-state index in [4.69, 9.17) is 4.74 Å². The molecule has 0 spiro atoms. The summed E-state index contributed by atoms with van der Waals surface area (Å²) >= 11 is 0. The molecule has 0 aliphatic carbocycles. The second-order valence-electron chi connectivity index (χ2n) is 7.65. The summed E-state index contributed by atoms with van der Waals surface area (Å²) in [4.78, 5) is 6.89. The van der Waals surface area contributed by atoms with E-state index in [1.54, 1.807) is 7.11 Å². The molecule has 0 saturated heterocycles. The Morgan fingerprint density at radius 1 is 1.13 bits per heavy atom. The molecule has 1 heterocycles. The lowest BCUT2D eigenvalue weighted by Crippen LogP contribution is -2.40. The number of aliphatic imine (C=N–C) groups is 1. The Balaban J connectivity index is 0.00000341. The molecule has 1 aliphatic heterocycles. The summed E-state index contributed by atoms with van der Waals surface area (Å²) in [5.74, 6) is 1.61. The summed E-state index contributed by atoms with van der Waals surface area (Å²) in [5.41, 5.74) is 4.04. The van der Waals surface area contributed by atoms with Crippen molar-refractivity contribution in [1.82, 2.24) is 15.5 Å². The van der Waals surface area contributed by atoms with E-state index < -0.39 is 6.10 Å². The number of ether oxygens (including phenoxy) is 1. The van der Waals surface area contributed by atoms with Crippen molar-refractivity contribution in [2.75, 3.05) is 39.8 Å². The quantitative estimate of drug-likeness (QED) is 0.260. The molecule has 3 rings (SSSR count). The number of nitrogens with zero attached hydrogens (tertiary/aromatic N) is 2. The van der Waals surface area contributed by atoms with Gasteiger partial charge >= 0.3 is 0 Å². The smallest absolute Gasteiger partial charge is 0.191 e. The van der Waals surface area contributed by atoms with Gasteiger partial charge in [0.1, 0.15) is 5.75 Å². The molecule has 31 heavy (non-hydrogen) atoms. The molecule has 170 valence electrons. The van der Waals surface area contributed by atoms with E-state index in [0.29, 0.717) is 13.1 Å². The van der Waals surface area contributed by atoms with Crippen LogP contribution in [0.3, 0.4) is 0 Å². The van der Waals surface area contributed by atoms with Crippen LogP contribution in [0, 0.1) is 0 Å². The fourth-order valence-corrected chi connectivity index (χ4v) is 3.72. The normalized spacial score (nSPS) is 14.9. The number of aliphatic hydroxyl groups excluding tert-OH is 1. The molecule has 0 saturated carbocycles. The van der Waals surface area contributed by atoms with Crippen LogP contribution in [0.15, 0.2) is 53.5 Å². The number of rotatable bonds is 9. The summed E-state index contributed by atoms with van der Waals surface area (Å²) < 4.78 is 5.20. The summed E-state index contributed by atoms with van der Waals surface area (Å²) in [6.45, 7) is 6.51. The zero-order valence-corrected chi connectivity index (χ0v) is 20.8. The van der Waals surface area contributed by atoms with Crippen molar-refractivity contribution >= 4 is 29.9 Å². The number of benzene rings is 2. The molecule has 0 radical (unpaired) electrons. The van der Waals surface area contributed by atoms with Gasteiger partial charge in [-0.05, 0) is 48.6 Å². The van der Waals surface area contributed by atoms with Gasteiger partial charge in [0.05, 0.1) is 19.8 Å². The number of fused-ring (bicyclic) bond motifs is 1. The van der Waals surface area contributed by atoms with Crippen LogP contribution in [0.4, 0.5) is 0 Å². The molecule has 0 fully saturated rings. The molecule has 2 aromatic rings. The van der Waals surface area contributed by atoms with Crippen molar-refractivity contribution in [3.63, 3.8) is 0 Å². The van der Waals surface area contributed by atoms with Crippen LogP contribution in [-0.2, 0) is 19.4 Å². The molecule has 6 nitrogen and oxygen atoms in total. The molecule has 1 atom stereocenters. The SMILES string of the molecule is CCNC(=NCC(O)CN1CCc2ccccc2C1)NCCc1ccc(OC)cc1.I. The number of guanidine groups is 1. The van der Waals surface area contributed by atoms with E-state index in [1.165, 1.54) is 16.7 Å². The Labute approximate surface area is 203 Å². The zero-order chi connectivity index (χ0) is 21.2. The van der Waals surface area contributed by atoms with Gasteiger partial charge in [-0.3, -0.25) is 9.89 Å². The maximum atomic E-state index is 10.5. The van der Waals surface area contributed by atoms with Gasteiger partial charge < -0.3 is 20.5 Å². The van der Waals surface area contributed by atoms with Gasteiger partial charge in [0, 0.05) is 32.7 Å². The van der Waals surface area contributed by atoms with Crippen LogP contribution in [0.1, 0.15) is 23.6 Å². The average molecular weight is 538 g/mol. The Morgan fingerprint density at radius 2 is 1.87 bits per heavy atom. The van der Waals surface area contributed by atoms with Gasteiger partial charge in [0.2, 0.25) is 0 Å². The predicted octanol–water partition coefficient (Wildman–Crippen LogP) is 2.83. The summed E-state index contributed by atoms with van der Waals surface area (Å²) in [7, 11) is 1.67. The van der Waals surface area contributed by atoms with E-state index in [-0.39, 0.29) is 24.0 Å². The third kappa shape index (κ3) is 8.31. The van der Waals surface area contributed by atoms with E-state index in [1.807, 2.05) is 19.1 Å². The second-order valence-corrected chi connectivity index (χ2v) is 7.65. The number of hydrogen-bond acceptors (Lipinski definition) is 4. The fourth-order valence-electron chi connectivity index (χ4n) is 3.72. The fraction of sp³-hybridized carbons (Fsp3) is 0.458. The highest BCUT2D eigenvalue weighted by molar-refractivity contribution is 14.0. The van der Waals surface area contributed by atoms with Crippen molar-refractivity contribution in [3.8, 4) is 5.75 Å². The first-order chi connectivity index (χ1) is 14.7. The average Bonchev–Trinajstić information content (AvgIpc) is 2.78. The number of β-amino-alcohol motifs (C(OH)–C–C–N with tert-alkyl or cyclic N) is 1. The minimum atomic E-state index is -0.479. The molecule has 0 bridgehead atoms. The van der Waals surface area contributed by atoms with Gasteiger partial charge in [-0.25, -0.2) is 0 Å². The molecular formula is C24H35IN4O2. The number of hydrogen-bond donors (Lipinski definition) is 3. The molecule has 1 aliphatic rings. The van der Waals surface area contributed by atoms with Crippen LogP contribution < -0.4 is 15.4 Å². The van der Waals surface area contributed by atoms with Gasteiger partial charge in [0.15, 0.2) is 5.96 Å². The number of halogens is 1. The molecule has 7 heteroatoms. The van der Waals surface area contributed by atoms with E-state index in [2.05, 4.69) is 56.9 Å². The molecule has 0 amide bonds. The van der Waals surface area contributed by atoms with Crippen molar-refractivity contribution in [1.29, 1.82) is 0 Å². The summed E-state index contributed by atoms with van der Waals surface area (Å²) in [6, 6.07) is 16.7. The maximum absolute atomic E-state index is 10.5. The van der Waals surface area contributed by atoms with Crippen molar-refractivity contribution in [2.24, 2.45) is 4.99 Å². The largest absolute Gasteiger partial charge is 0.497 e. The van der Waals surface area contributed by atoms with Gasteiger partial charge in [-0.15, -0.1) is 24.0 Å². The van der Waals surface area contributed by atoms with E-state index in [9.17, 15) is 5.11 Å². The lowest BCUT2D eigenvalue weighted by atomic mass is 10.00. The number of methoxy groups -OCH3 is 1. The Hall–Kier alpha value is -1.84. The molecule has 2 aromatic carbocycles. The molecule has 3 N–H and O–H groups in total. The third-order valence-corrected chi connectivity index (χ3v) is 5.35. The Morgan fingerprint density at radius 3 is 2.58 bits per heavy atom. The van der Waals surface area contributed by atoms with Crippen LogP contribution >= 0.6 is 24.0 Å². The first-order valence-corrected chi connectivity index (χ1v) is 10.8. The van der Waals surface area contributed by atoms with Crippen molar-refractivity contribution < 1.29 is 9.84 Å². The second kappa shape index (κ2) is 13.5. The Bertz CT molecular complexity index is 813. The number of nitrogens with one attached hydrogen (secondary N) is 2. The highest BCUT2D eigenvalue weighted by Gasteiger charge is 2.18. The first kappa shape index (κ1) is 25.4.